The lowest BCUT2D eigenvalue weighted by Crippen LogP contribution is -2.40. The number of carbonyl (C=O) groups excluding carboxylic acids is 1. The third kappa shape index (κ3) is 5.90. The Bertz CT molecular complexity index is 1330. The average molecular weight is 573 g/mol. The Morgan fingerprint density at radius 3 is 2.71 bits per heavy atom. The van der Waals surface area contributed by atoms with Gasteiger partial charge in [0.2, 0.25) is 0 Å². The molecule has 16 heteroatoms. The molecule has 4 rings (SSSR count). The summed E-state index contributed by atoms with van der Waals surface area (Å²) in [5.74, 6) is -0.478. The molecule has 1 aromatic carbocycles. The van der Waals surface area contributed by atoms with Crippen molar-refractivity contribution >= 4 is 42.3 Å². The molecule has 2 aromatic heterocycles. The summed E-state index contributed by atoms with van der Waals surface area (Å²) in [5, 5.41) is 10.3. The Kier molecular flexibility index (Phi) is 8.21. The molecular weight excluding hydrogens is 546 g/mol. The molecule has 6 atom stereocenters. The predicted molar refractivity (Wildman–Crippen MR) is 134 cm³/mol. The fourth-order valence-corrected chi connectivity index (χ4v) is 5.45. The van der Waals surface area contributed by atoms with Gasteiger partial charge in [0.1, 0.15) is 35.8 Å². The zero-order chi connectivity index (χ0) is 27.7. The molecule has 1 aliphatic heterocycles. The topological polar surface area (TPSA) is 173 Å². The van der Waals surface area contributed by atoms with Gasteiger partial charge in [-0.25, -0.2) is 23.9 Å². The monoisotopic (exact) mass is 572 g/mol. The summed E-state index contributed by atoms with van der Waals surface area (Å²) < 4.78 is 52.2. The molecule has 0 saturated carbocycles. The zero-order valence-electron chi connectivity index (χ0n) is 20.6. The van der Waals surface area contributed by atoms with Gasteiger partial charge in [-0.1, -0.05) is 29.8 Å². The number of nitrogens with zero attached hydrogens (tertiary/aromatic N) is 4. The minimum absolute atomic E-state index is 0.0568. The second-order valence-corrected chi connectivity index (χ2v) is 11.0. The zero-order valence-corrected chi connectivity index (χ0v) is 22.3. The van der Waals surface area contributed by atoms with E-state index in [0.29, 0.717) is 0 Å². The highest BCUT2D eigenvalue weighted by atomic mass is 35.5. The molecule has 1 saturated heterocycles. The lowest BCUT2D eigenvalue weighted by molar-refractivity contribution is -0.149. The third-order valence-corrected chi connectivity index (χ3v) is 7.51. The standard InChI is InChI=1S/C22H27ClFN6O7P/c1-12(2)35-20(32)13(3)29-38(33,37-14-7-5-4-6-8-14)34-9-15-17(31)22(23,24)21(36-15)30-11-28-16-18(25)26-10-27-19(16)30/h4-8,10-13,15,17,21,31H,9H2,1-3H3,(H,29,33)(H2,25,26,27)/t13?,15-,17-,21-,22-,38?/m1/s1. The second-order valence-electron chi connectivity index (χ2n) is 8.76. The Hall–Kier alpha value is -2.87. The second kappa shape index (κ2) is 11.1. The first-order valence-corrected chi connectivity index (χ1v) is 13.4. The van der Waals surface area contributed by atoms with Crippen molar-refractivity contribution in [2.24, 2.45) is 0 Å². The molecule has 4 N–H and O–H groups in total. The lowest BCUT2D eigenvalue weighted by Gasteiger charge is -2.25. The molecule has 13 nitrogen and oxygen atoms in total. The number of halogens is 2. The minimum atomic E-state index is -4.30. The quantitative estimate of drug-likeness (QED) is 0.184. The molecule has 0 spiro atoms. The first-order chi connectivity index (χ1) is 17.9. The van der Waals surface area contributed by atoms with Crippen LogP contribution >= 0.6 is 19.3 Å². The summed E-state index contributed by atoms with van der Waals surface area (Å²) in [4.78, 5) is 24.2. The highest BCUT2D eigenvalue weighted by Crippen LogP contribution is 2.49. The van der Waals surface area contributed by atoms with Crippen molar-refractivity contribution < 1.29 is 37.4 Å². The van der Waals surface area contributed by atoms with Crippen molar-refractivity contribution in [1.29, 1.82) is 0 Å². The number of esters is 1. The van der Waals surface area contributed by atoms with Crippen LogP contribution in [0.1, 0.15) is 27.0 Å². The van der Waals surface area contributed by atoms with Crippen LogP contribution in [0.2, 0.25) is 0 Å². The molecule has 0 amide bonds. The Balaban J connectivity index is 1.54. The van der Waals surface area contributed by atoms with E-state index >= 15 is 4.39 Å². The fraction of sp³-hybridized carbons (Fsp3) is 0.455. The van der Waals surface area contributed by atoms with E-state index in [-0.39, 0.29) is 22.7 Å². The molecule has 38 heavy (non-hydrogen) atoms. The molecule has 206 valence electrons. The number of ether oxygens (including phenoxy) is 2. The summed E-state index contributed by atoms with van der Waals surface area (Å²) >= 11 is 6.07. The van der Waals surface area contributed by atoms with Crippen LogP contribution in [-0.2, 0) is 23.4 Å². The number of nitrogen functional groups attached to an aromatic ring is 1. The van der Waals surface area contributed by atoms with Gasteiger partial charge in [0.15, 0.2) is 17.7 Å². The number of hydrogen-bond donors (Lipinski definition) is 3. The van der Waals surface area contributed by atoms with Gasteiger partial charge in [0, 0.05) is 0 Å². The molecule has 3 heterocycles. The summed E-state index contributed by atoms with van der Waals surface area (Å²) in [7, 11) is -4.30. The van der Waals surface area contributed by atoms with E-state index in [9.17, 15) is 14.5 Å². The maximum absolute atomic E-state index is 15.5. The van der Waals surface area contributed by atoms with Crippen molar-refractivity contribution in [3.63, 3.8) is 0 Å². The van der Waals surface area contributed by atoms with Gasteiger partial charge in [0.05, 0.1) is 19.0 Å². The maximum Gasteiger partial charge on any atom is 0.459 e. The Morgan fingerprint density at radius 2 is 2.03 bits per heavy atom. The average Bonchev–Trinajstić information content (AvgIpc) is 3.37. The number of nitrogens with two attached hydrogens (primary N) is 1. The van der Waals surface area contributed by atoms with E-state index in [1.807, 2.05) is 0 Å². The number of anilines is 1. The highest BCUT2D eigenvalue weighted by Gasteiger charge is 2.58. The van der Waals surface area contributed by atoms with Crippen molar-refractivity contribution in [3.8, 4) is 5.75 Å². The van der Waals surface area contributed by atoms with E-state index in [1.165, 1.54) is 25.4 Å². The molecule has 1 fully saturated rings. The number of carbonyl (C=O) groups is 1. The van der Waals surface area contributed by atoms with Crippen molar-refractivity contribution in [3.05, 3.63) is 43.0 Å². The van der Waals surface area contributed by atoms with Gasteiger partial charge in [-0.05, 0) is 32.9 Å². The molecular formula is C22H27ClFN6O7P. The van der Waals surface area contributed by atoms with Crippen LogP contribution in [0, 0.1) is 0 Å². The van der Waals surface area contributed by atoms with Gasteiger partial charge in [0.25, 0.3) is 5.13 Å². The van der Waals surface area contributed by atoms with Crippen molar-refractivity contribution in [1.82, 2.24) is 24.6 Å². The molecule has 3 aromatic rings. The molecule has 0 radical (unpaired) electrons. The molecule has 2 unspecified atom stereocenters. The smallest absolute Gasteiger partial charge is 0.459 e. The lowest BCUT2D eigenvalue weighted by atomic mass is 10.1. The van der Waals surface area contributed by atoms with E-state index < -0.39 is 56.0 Å². The number of para-hydroxylation sites is 1. The van der Waals surface area contributed by atoms with Crippen molar-refractivity contribution in [2.45, 2.75) is 56.5 Å². The largest absolute Gasteiger partial charge is 0.462 e. The van der Waals surface area contributed by atoms with E-state index in [2.05, 4.69) is 20.0 Å². The number of aromatic nitrogens is 4. The van der Waals surface area contributed by atoms with E-state index in [0.717, 1.165) is 10.9 Å². The summed E-state index contributed by atoms with van der Waals surface area (Å²) in [6, 6.07) is 6.94. The van der Waals surface area contributed by atoms with Crippen molar-refractivity contribution in [2.75, 3.05) is 12.3 Å². The number of nitrogens with one attached hydrogen (secondary N) is 1. The number of imidazole rings is 1. The van der Waals surface area contributed by atoms with Crippen LogP contribution in [0.25, 0.3) is 11.2 Å². The number of benzene rings is 1. The van der Waals surface area contributed by atoms with Crippen LogP contribution in [-0.4, -0.2) is 66.7 Å². The molecule has 0 bridgehead atoms. The maximum atomic E-state index is 15.5. The van der Waals surface area contributed by atoms with Gasteiger partial charge >= 0.3 is 13.7 Å². The number of hydrogen-bond acceptors (Lipinski definition) is 11. The fourth-order valence-electron chi connectivity index (χ4n) is 3.65. The predicted octanol–water partition coefficient (Wildman–Crippen LogP) is 2.70. The van der Waals surface area contributed by atoms with Crippen LogP contribution < -0.4 is 15.3 Å². The number of aliphatic hydroxyl groups is 1. The normalized spacial score (nSPS) is 25.8. The number of fused-ring (bicyclic) bond motifs is 1. The van der Waals surface area contributed by atoms with Gasteiger partial charge in [-0.2, -0.15) is 5.09 Å². The minimum Gasteiger partial charge on any atom is -0.462 e. The van der Waals surface area contributed by atoms with Crippen LogP contribution in [0.5, 0.6) is 5.75 Å². The van der Waals surface area contributed by atoms with Gasteiger partial charge in [-0.15, -0.1) is 0 Å². The first-order valence-electron chi connectivity index (χ1n) is 11.5. The molecule has 1 aliphatic rings. The van der Waals surface area contributed by atoms with Crippen LogP contribution in [0.4, 0.5) is 10.2 Å². The third-order valence-electron chi connectivity index (χ3n) is 5.45. The van der Waals surface area contributed by atoms with Crippen LogP contribution in [0.15, 0.2) is 43.0 Å². The number of rotatable bonds is 10. The summed E-state index contributed by atoms with van der Waals surface area (Å²) in [6.45, 7) is 4.10. The SMILES string of the molecule is CC(C)OC(=O)C(C)NP(=O)(OC[C@H]1O[C@@H](n2cnc3c(N)ncnc32)[C@@](F)(Cl)[C@@H]1O)Oc1ccccc1. The Morgan fingerprint density at radius 1 is 1.32 bits per heavy atom. The van der Waals surface area contributed by atoms with Gasteiger partial charge in [-0.3, -0.25) is 13.9 Å². The summed E-state index contributed by atoms with van der Waals surface area (Å²) in [6.07, 6.45) is -3.01. The molecule has 0 aliphatic carbocycles. The number of aliphatic hydroxyl groups excluding tert-OH is 1. The van der Waals surface area contributed by atoms with E-state index in [1.54, 1.807) is 32.0 Å². The van der Waals surface area contributed by atoms with Crippen LogP contribution in [0.3, 0.4) is 0 Å². The van der Waals surface area contributed by atoms with E-state index in [4.69, 9.17) is 35.9 Å². The highest BCUT2D eigenvalue weighted by molar-refractivity contribution is 7.52. The van der Waals surface area contributed by atoms with Gasteiger partial charge < -0.3 is 24.8 Å². The first kappa shape index (κ1) is 28.1. The summed E-state index contributed by atoms with van der Waals surface area (Å²) in [5.41, 5.74) is 6.09. The number of alkyl halides is 2. The Labute approximate surface area is 222 Å².